The first-order valence-electron chi connectivity index (χ1n) is 8.43. The van der Waals surface area contributed by atoms with Gasteiger partial charge in [0.15, 0.2) is 0 Å². The minimum absolute atomic E-state index is 0.213. The first-order chi connectivity index (χ1) is 12.1. The molecule has 0 saturated carbocycles. The van der Waals surface area contributed by atoms with E-state index in [9.17, 15) is 4.79 Å². The fraction of sp³-hybridized carbons (Fsp3) is 0.286. The van der Waals surface area contributed by atoms with Gasteiger partial charge in [0.1, 0.15) is 12.4 Å². The van der Waals surface area contributed by atoms with E-state index < -0.39 is 5.97 Å². The molecule has 0 amide bonds. The zero-order chi connectivity index (χ0) is 18.1. The van der Waals surface area contributed by atoms with Crippen molar-refractivity contribution in [1.29, 1.82) is 0 Å². The van der Waals surface area contributed by atoms with Crippen molar-refractivity contribution in [2.45, 2.75) is 27.4 Å². The third-order valence-electron chi connectivity index (χ3n) is 3.55. The molecule has 4 nitrogen and oxygen atoms in total. The van der Waals surface area contributed by atoms with Gasteiger partial charge in [-0.1, -0.05) is 36.4 Å². The van der Waals surface area contributed by atoms with Crippen LogP contribution in [0.1, 0.15) is 30.5 Å². The van der Waals surface area contributed by atoms with E-state index in [-0.39, 0.29) is 5.76 Å². The van der Waals surface area contributed by atoms with Gasteiger partial charge in [-0.2, -0.15) is 0 Å². The van der Waals surface area contributed by atoms with Crippen LogP contribution in [0.3, 0.4) is 0 Å². The standard InChI is InChI=1S/C21H24O4/c1-4-23-20(21(22)24-5-2)14-18-11-12-19(13-16(18)3)25-15-17-9-7-6-8-10-17/h6-14H,4-5,15H2,1-3H3. The van der Waals surface area contributed by atoms with Crippen molar-refractivity contribution in [3.05, 3.63) is 71.0 Å². The van der Waals surface area contributed by atoms with Crippen LogP contribution < -0.4 is 4.74 Å². The second-order valence-electron chi connectivity index (χ2n) is 5.45. The maximum atomic E-state index is 11.9. The number of carbonyl (C=O) groups is 1. The molecule has 0 atom stereocenters. The summed E-state index contributed by atoms with van der Waals surface area (Å²) >= 11 is 0. The highest BCUT2D eigenvalue weighted by molar-refractivity contribution is 5.91. The van der Waals surface area contributed by atoms with Crippen LogP contribution >= 0.6 is 0 Å². The summed E-state index contributed by atoms with van der Waals surface area (Å²) in [5.41, 5.74) is 3.00. The highest BCUT2D eigenvalue weighted by Gasteiger charge is 2.12. The Morgan fingerprint density at radius 1 is 1.00 bits per heavy atom. The SMILES string of the molecule is CCOC(=O)C(=Cc1ccc(OCc2ccccc2)cc1C)OCC. The molecule has 25 heavy (non-hydrogen) atoms. The zero-order valence-corrected chi connectivity index (χ0v) is 15.0. The minimum atomic E-state index is -0.451. The maximum absolute atomic E-state index is 11.9. The predicted molar refractivity (Wildman–Crippen MR) is 98.2 cm³/mol. The monoisotopic (exact) mass is 340 g/mol. The van der Waals surface area contributed by atoms with Crippen molar-refractivity contribution in [3.63, 3.8) is 0 Å². The van der Waals surface area contributed by atoms with Gasteiger partial charge in [0, 0.05) is 0 Å². The Morgan fingerprint density at radius 2 is 1.72 bits per heavy atom. The summed E-state index contributed by atoms with van der Waals surface area (Å²) in [5, 5.41) is 0. The molecule has 132 valence electrons. The number of esters is 1. The Labute approximate surface area is 149 Å². The lowest BCUT2D eigenvalue weighted by Gasteiger charge is -2.11. The van der Waals surface area contributed by atoms with Gasteiger partial charge in [-0.3, -0.25) is 0 Å². The Kier molecular flexibility index (Phi) is 7.08. The summed E-state index contributed by atoms with van der Waals surface area (Å²) in [5.74, 6) is 0.547. The van der Waals surface area contributed by atoms with E-state index in [1.807, 2.05) is 62.4 Å². The second kappa shape index (κ2) is 9.52. The number of rotatable bonds is 8. The number of aryl methyl sites for hydroxylation is 1. The fourth-order valence-electron chi connectivity index (χ4n) is 2.30. The third kappa shape index (κ3) is 5.68. The molecular weight excluding hydrogens is 316 g/mol. The van der Waals surface area contributed by atoms with Crippen molar-refractivity contribution in [2.24, 2.45) is 0 Å². The molecule has 0 aliphatic carbocycles. The highest BCUT2D eigenvalue weighted by Crippen LogP contribution is 2.21. The summed E-state index contributed by atoms with van der Waals surface area (Å²) < 4.78 is 16.3. The van der Waals surface area contributed by atoms with Crippen LogP contribution in [0, 0.1) is 6.92 Å². The minimum Gasteiger partial charge on any atom is -0.489 e. The van der Waals surface area contributed by atoms with Gasteiger partial charge in [0.25, 0.3) is 0 Å². The van der Waals surface area contributed by atoms with Gasteiger partial charge in [0.05, 0.1) is 13.2 Å². The zero-order valence-electron chi connectivity index (χ0n) is 15.0. The van der Waals surface area contributed by atoms with Gasteiger partial charge in [0.2, 0.25) is 5.76 Å². The molecule has 0 radical (unpaired) electrons. The number of hydrogen-bond acceptors (Lipinski definition) is 4. The Balaban J connectivity index is 2.11. The van der Waals surface area contributed by atoms with Gasteiger partial charge >= 0.3 is 5.97 Å². The summed E-state index contributed by atoms with van der Waals surface area (Å²) in [6.45, 7) is 6.81. The van der Waals surface area contributed by atoms with Crippen LogP contribution in [0.4, 0.5) is 0 Å². The quantitative estimate of drug-likeness (QED) is 0.403. The van der Waals surface area contributed by atoms with E-state index in [1.54, 1.807) is 13.0 Å². The van der Waals surface area contributed by atoms with Gasteiger partial charge in [-0.15, -0.1) is 0 Å². The average molecular weight is 340 g/mol. The lowest BCUT2D eigenvalue weighted by Crippen LogP contribution is -2.10. The van der Waals surface area contributed by atoms with Gasteiger partial charge < -0.3 is 14.2 Å². The van der Waals surface area contributed by atoms with Crippen molar-refractivity contribution in [2.75, 3.05) is 13.2 Å². The van der Waals surface area contributed by atoms with E-state index >= 15 is 0 Å². The molecule has 0 aliphatic heterocycles. The molecule has 0 N–H and O–H groups in total. The number of carbonyl (C=O) groups excluding carboxylic acids is 1. The Hall–Kier alpha value is -2.75. The molecule has 2 aromatic carbocycles. The van der Waals surface area contributed by atoms with Crippen molar-refractivity contribution in [3.8, 4) is 5.75 Å². The van der Waals surface area contributed by atoms with E-state index in [2.05, 4.69) is 0 Å². The molecule has 0 saturated heterocycles. The second-order valence-corrected chi connectivity index (χ2v) is 5.45. The smallest absolute Gasteiger partial charge is 0.373 e. The van der Waals surface area contributed by atoms with Crippen molar-refractivity contribution >= 4 is 12.0 Å². The first-order valence-corrected chi connectivity index (χ1v) is 8.43. The normalized spacial score (nSPS) is 11.1. The van der Waals surface area contributed by atoms with E-state index in [0.29, 0.717) is 19.8 Å². The molecule has 0 bridgehead atoms. The molecule has 4 heteroatoms. The summed E-state index contributed by atoms with van der Waals surface area (Å²) in [6, 6.07) is 15.8. The van der Waals surface area contributed by atoms with E-state index in [0.717, 1.165) is 22.4 Å². The molecule has 0 heterocycles. The van der Waals surface area contributed by atoms with Crippen LogP contribution in [0.25, 0.3) is 6.08 Å². The molecule has 2 rings (SSSR count). The molecule has 0 aliphatic rings. The molecule has 0 spiro atoms. The Morgan fingerprint density at radius 3 is 2.36 bits per heavy atom. The van der Waals surface area contributed by atoms with Crippen LogP contribution in [0.15, 0.2) is 54.3 Å². The first kappa shape index (κ1) is 18.6. The lowest BCUT2D eigenvalue weighted by molar-refractivity contribution is -0.142. The fourth-order valence-corrected chi connectivity index (χ4v) is 2.30. The van der Waals surface area contributed by atoms with E-state index in [4.69, 9.17) is 14.2 Å². The molecule has 0 fully saturated rings. The summed E-state index contributed by atoms with van der Waals surface area (Å²) in [4.78, 5) is 11.9. The van der Waals surface area contributed by atoms with E-state index in [1.165, 1.54) is 0 Å². The third-order valence-corrected chi connectivity index (χ3v) is 3.55. The molecule has 0 unspecified atom stereocenters. The molecule has 2 aromatic rings. The number of ether oxygens (including phenoxy) is 3. The summed E-state index contributed by atoms with van der Waals surface area (Å²) in [6.07, 6.45) is 1.71. The summed E-state index contributed by atoms with van der Waals surface area (Å²) in [7, 11) is 0. The van der Waals surface area contributed by atoms with Crippen LogP contribution in [0.5, 0.6) is 5.75 Å². The van der Waals surface area contributed by atoms with Gasteiger partial charge in [-0.25, -0.2) is 4.79 Å². The van der Waals surface area contributed by atoms with Crippen LogP contribution in [-0.4, -0.2) is 19.2 Å². The largest absolute Gasteiger partial charge is 0.489 e. The highest BCUT2D eigenvalue weighted by atomic mass is 16.6. The topological polar surface area (TPSA) is 44.8 Å². The predicted octanol–water partition coefficient (Wildman–Crippen LogP) is 4.51. The maximum Gasteiger partial charge on any atom is 0.373 e. The Bertz CT molecular complexity index is 720. The van der Waals surface area contributed by atoms with Gasteiger partial charge in [-0.05, 0) is 55.7 Å². The average Bonchev–Trinajstić information content (AvgIpc) is 2.62. The van der Waals surface area contributed by atoms with Crippen molar-refractivity contribution in [1.82, 2.24) is 0 Å². The van der Waals surface area contributed by atoms with Crippen LogP contribution in [-0.2, 0) is 20.9 Å². The molecular formula is C21H24O4. The number of benzene rings is 2. The lowest BCUT2D eigenvalue weighted by atomic mass is 10.1. The van der Waals surface area contributed by atoms with Crippen molar-refractivity contribution < 1.29 is 19.0 Å². The van der Waals surface area contributed by atoms with Crippen LogP contribution in [0.2, 0.25) is 0 Å². The number of hydrogen-bond donors (Lipinski definition) is 0. The molecule has 0 aromatic heterocycles.